The number of rotatable bonds is 1. The first-order valence-corrected chi connectivity index (χ1v) is 7.91. The minimum absolute atomic E-state index is 0.155. The zero-order chi connectivity index (χ0) is 17.8. The van der Waals surface area contributed by atoms with Gasteiger partial charge < -0.3 is 15.7 Å². The Bertz CT molecular complexity index is 835. The Balaban J connectivity index is 2.12. The summed E-state index contributed by atoms with van der Waals surface area (Å²) in [5.74, 6) is -0.507. The number of pyridine rings is 2. The van der Waals surface area contributed by atoms with E-state index in [9.17, 15) is 9.59 Å². The van der Waals surface area contributed by atoms with E-state index in [1.165, 1.54) is 0 Å². The Hall–Kier alpha value is -3.22. The lowest BCUT2D eigenvalue weighted by molar-refractivity contribution is -0.118. The van der Waals surface area contributed by atoms with Crippen LogP contribution in [-0.4, -0.2) is 27.1 Å². The van der Waals surface area contributed by atoms with Gasteiger partial charge in [0.1, 0.15) is 0 Å². The van der Waals surface area contributed by atoms with Gasteiger partial charge in [0.2, 0.25) is 5.91 Å². The fourth-order valence-electron chi connectivity index (χ4n) is 2.72. The van der Waals surface area contributed by atoms with Gasteiger partial charge in [-0.15, -0.1) is 0 Å². The van der Waals surface area contributed by atoms with Crippen LogP contribution in [0.25, 0.3) is 11.1 Å². The van der Waals surface area contributed by atoms with Crippen LogP contribution in [-0.2, 0) is 4.79 Å². The van der Waals surface area contributed by atoms with Crippen molar-refractivity contribution >= 4 is 17.7 Å². The fourth-order valence-corrected chi connectivity index (χ4v) is 2.72. The zero-order valence-corrected chi connectivity index (χ0v) is 13.6. The van der Waals surface area contributed by atoms with E-state index in [0.717, 1.165) is 16.7 Å². The quantitative estimate of drug-likeness (QED) is 0.693. The van der Waals surface area contributed by atoms with E-state index in [4.69, 9.17) is 5.11 Å². The van der Waals surface area contributed by atoms with Crippen LogP contribution >= 0.6 is 0 Å². The summed E-state index contributed by atoms with van der Waals surface area (Å²) in [6.45, 7) is 1.79. The van der Waals surface area contributed by atoms with Crippen LogP contribution in [0.15, 0.2) is 49.1 Å². The molecule has 3 rings (SSSR count). The third-order valence-electron chi connectivity index (χ3n) is 4.06. The smallest absolute Gasteiger partial charge is 0.405 e. The number of amides is 2. The monoisotopic (exact) mass is 338 g/mol. The summed E-state index contributed by atoms with van der Waals surface area (Å²) < 4.78 is 0. The maximum absolute atomic E-state index is 12.4. The molecule has 1 aliphatic heterocycles. The number of hydrogen-bond acceptors (Lipinski definition) is 4. The van der Waals surface area contributed by atoms with Crippen molar-refractivity contribution in [1.29, 1.82) is 0 Å². The lowest BCUT2D eigenvalue weighted by Crippen LogP contribution is -2.27. The number of carboxylic acid groups (broad SMARTS) is 1. The standard InChI is InChI=1S/C18H18N4O3/c1-11-3-2-4-15(22-18(24)25)13-7-12(8-20-9-13)14-5-6-19-10-16(14)21-17(11)23/h2-3,5-11,15,22H,4H2,1H3,(H,21,23)(H,24,25)/t11-,15+/m1/s1. The predicted octanol–water partition coefficient (Wildman–Crippen LogP) is 2.99. The van der Waals surface area contributed by atoms with Crippen LogP contribution in [0, 0.1) is 5.92 Å². The van der Waals surface area contributed by atoms with E-state index in [-0.39, 0.29) is 11.8 Å². The van der Waals surface area contributed by atoms with Gasteiger partial charge in [-0.25, -0.2) is 4.79 Å². The van der Waals surface area contributed by atoms with Gasteiger partial charge in [-0.3, -0.25) is 14.8 Å². The van der Waals surface area contributed by atoms with Gasteiger partial charge in [0.25, 0.3) is 0 Å². The molecule has 2 bridgehead atoms. The van der Waals surface area contributed by atoms with Crippen molar-refractivity contribution in [3.05, 3.63) is 54.6 Å². The van der Waals surface area contributed by atoms with Crippen molar-refractivity contribution in [2.75, 3.05) is 5.32 Å². The molecule has 2 aromatic heterocycles. The average molecular weight is 338 g/mol. The van der Waals surface area contributed by atoms with Crippen molar-refractivity contribution < 1.29 is 14.7 Å². The van der Waals surface area contributed by atoms with Crippen LogP contribution < -0.4 is 10.6 Å². The van der Waals surface area contributed by atoms with Gasteiger partial charge in [-0.2, -0.15) is 0 Å². The van der Waals surface area contributed by atoms with E-state index >= 15 is 0 Å². The summed E-state index contributed by atoms with van der Waals surface area (Å²) in [5.41, 5.74) is 2.91. The molecule has 128 valence electrons. The SMILES string of the molecule is C[C@@H]1C=CC[C@H](NC(=O)O)c2cncc(c2)-c2ccncc2NC1=O. The van der Waals surface area contributed by atoms with E-state index in [1.54, 1.807) is 43.9 Å². The van der Waals surface area contributed by atoms with Crippen LogP contribution in [0.2, 0.25) is 0 Å². The average Bonchev–Trinajstić information content (AvgIpc) is 2.60. The van der Waals surface area contributed by atoms with Gasteiger partial charge >= 0.3 is 6.09 Å². The van der Waals surface area contributed by atoms with Gasteiger partial charge in [-0.05, 0) is 24.1 Å². The topological polar surface area (TPSA) is 104 Å². The summed E-state index contributed by atoms with van der Waals surface area (Å²) in [6, 6.07) is 3.22. The predicted molar refractivity (Wildman–Crippen MR) is 92.9 cm³/mol. The molecule has 0 spiro atoms. The molecule has 7 nitrogen and oxygen atoms in total. The summed E-state index contributed by atoms with van der Waals surface area (Å²) in [6.07, 6.45) is 9.45. The molecule has 0 aliphatic carbocycles. The fraction of sp³-hybridized carbons (Fsp3) is 0.222. The van der Waals surface area contributed by atoms with E-state index < -0.39 is 12.1 Å². The highest BCUT2D eigenvalue weighted by molar-refractivity contribution is 5.97. The van der Waals surface area contributed by atoms with Crippen molar-refractivity contribution in [3.63, 3.8) is 0 Å². The minimum Gasteiger partial charge on any atom is -0.465 e. The molecule has 0 saturated carbocycles. The second-order valence-electron chi connectivity index (χ2n) is 5.87. The third-order valence-corrected chi connectivity index (χ3v) is 4.06. The molecular weight excluding hydrogens is 320 g/mol. The molecular formula is C18H18N4O3. The maximum atomic E-state index is 12.4. The Morgan fingerprint density at radius 3 is 2.96 bits per heavy atom. The molecule has 0 radical (unpaired) electrons. The molecule has 7 heteroatoms. The summed E-state index contributed by atoms with van der Waals surface area (Å²) in [5, 5.41) is 14.5. The number of carbonyl (C=O) groups excluding carboxylic acids is 1. The Labute approximate surface area is 144 Å². The summed E-state index contributed by atoms with van der Waals surface area (Å²) >= 11 is 0. The molecule has 3 heterocycles. The number of carbonyl (C=O) groups is 2. The lowest BCUT2D eigenvalue weighted by atomic mass is 9.98. The van der Waals surface area contributed by atoms with Gasteiger partial charge in [-0.1, -0.05) is 19.1 Å². The van der Waals surface area contributed by atoms with Gasteiger partial charge in [0.15, 0.2) is 0 Å². The Morgan fingerprint density at radius 1 is 1.32 bits per heavy atom. The lowest BCUT2D eigenvalue weighted by Gasteiger charge is -2.19. The molecule has 0 fully saturated rings. The minimum atomic E-state index is -1.11. The zero-order valence-electron chi connectivity index (χ0n) is 13.6. The molecule has 3 N–H and O–H groups in total. The van der Waals surface area contributed by atoms with Crippen LogP contribution in [0.5, 0.6) is 0 Å². The molecule has 25 heavy (non-hydrogen) atoms. The number of nitrogens with zero attached hydrogens (tertiary/aromatic N) is 2. The molecule has 0 unspecified atom stereocenters. The van der Waals surface area contributed by atoms with Crippen molar-refractivity contribution in [3.8, 4) is 11.1 Å². The van der Waals surface area contributed by atoms with Crippen molar-refractivity contribution in [2.45, 2.75) is 19.4 Å². The Kier molecular flexibility index (Phi) is 4.74. The number of fused-ring (bicyclic) bond motifs is 4. The van der Waals surface area contributed by atoms with Crippen molar-refractivity contribution in [1.82, 2.24) is 15.3 Å². The Morgan fingerprint density at radius 2 is 2.16 bits per heavy atom. The van der Waals surface area contributed by atoms with E-state index in [0.29, 0.717) is 12.1 Å². The number of nitrogens with one attached hydrogen (secondary N) is 2. The maximum Gasteiger partial charge on any atom is 0.405 e. The van der Waals surface area contributed by atoms with Gasteiger partial charge in [0, 0.05) is 29.7 Å². The van der Waals surface area contributed by atoms with E-state index in [2.05, 4.69) is 20.6 Å². The molecule has 0 saturated heterocycles. The number of anilines is 1. The highest BCUT2D eigenvalue weighted by Gasteiger charge is 2.18. The summed E-state index contributed by atoms with van der Waals surface area (Å²) in [4.78, 5) is 31.8. The summed E-state index contributed by atoms with van der Waals surface area (Å²) in [7, 11) is 0. The van der Waals surface area contributed by atoms with Crippen LogP contribution in [0.1, 0.15) is 24.9 Å². The number of aromatic nitrogens is 2. The first kappa shape index (κ1) is 16.6. The van der Waals surface area contributed by atoms with Gasteiger partial charge in [0.05, 0.1) is 23.8 Å². The second-order valence-corrected chi connectivity index (χ2v) is 5.87. The molecule has 2 atom stereocenters. The molecule has 2 aromatic rings. The third kappa shape index (κ3) is 3.82. The largest absolute Gasteiger partial charge is 0.465 e. The van der Waals surface area contributed by atoms with Crippen LogP contribution in [0.3, 0.4) is 0 Å². The highest BCUT2D eigenvalue weighted by Crippen LogP contribution is 2.30. The molecule has 2 amide bonds. The van der Waals surface area contributed by atoms with Crippen molar-refractivity contribution in [2.24, 2.45) is 5.92 Å². The highest BCUT2D eigenvalue weighted by atomic mass is 16.4. The second kappa shape index (κ2) is 7.12. The molecule has 1 aliphatic rings. The first-order chi connectivity index (χ1) is 12.0. The number of hydrogen-bond donors (Lipinski definition) is 3. The first-order valence-electron chi connectivity index (χ1n) is 7.91. The van der Waals surface area contributed by atoms with Crippen LogP contribution in [0.4, 0.5) is 10.5 Å². The normalized spacial score (nSPS) is 19.8. The van der Waals surface area contributed by atoms with E-state index in [1.807, 2.05) is 12.1 Å². The molecule has 0 aromatic carbocycles.